The zero-order chi connectivity index (χ0) is 13.4. The topological polar surface area (TPSA) is 26.0 Å². The number of nitrogens with two attached hydrogens (primary N) is 1. The lowest BCUT2D eigenvalue weighted by Crippen LogP contribution is -2.22. The van der Waals surface area contributed by atoms with Crippen LogP contribution in [-0.2, 0) is 6.42 Å². The molecule has 2 atom stereocenters. The van der Waals surface area contributed by atoms with Gasteiger partial charge in [0, 0.05) is 6.04 Å². The van der Waals surface area contributed by atoms with Gasteiger partial charge in [-0.15, -0.1) is 0 Å². The van der Waals surface area contributed by atoms with Crippen LogP contribution in [0.4, 0.5) is 4.39 Å². The molecule has 0 aliphatic heterocycles. The second kappa shape index (κ2) is 5.06. The first-order valence-corrected chi connectivity index (χ1v) is 7.23. The molecular formula is C16H15BrFN. The van der Waals surface area contributed by atoms with E-state index in [1.165, 1.54) is 17.2 Å². The summed E-state index contributed by atoms with van der Waals surface area (Å²) in [6.45, 7) is 0. The summed E-state index contributed by atoms with van der Waals surface area (Å²) in [5, 5.41) is 0. The molecule has 2 aromatic carbocycles. The largest absolute Gasteiger partial charge is 0.324 e. The van der Waals surface area contributed by atoms with Gasteiger partial charge in [0.1, 0.15) is 5.82 Å². The molecule has 0 amide bonds. The fourth-order valence-corrected chi connectivity index (χ4v) is 3.01. The summed E-state index contributed by atoms with van der Waals surface area (Å²) in [5.41, 5.74) is 9.88. The van der Waals surface area contributed by atoms with E-state index >= 15 is 0 Å². The SMILES string of the molecule is NC(CC1Cc2ccccc21)c1ccc(Br)c(F)c1. The van der Waals surface area contributed by atoms with Gasteiger partial charge in [-0.3, -0.25) is 0 Å². The molecule has 0 heterocycles. The second-order valence-electron chi connectivity index (χ2n) is 5.12. The van der Waals surface area contributed by atoms with Gasteiger partial charge in [-0.05, 0) is 63.5 Å². The molecule has 0 spiro atoms. The highest BCUT2D eigenvalue weighted by atomic mass is 79.9. The summed E-state index contributed by atoms with van der Waals surface area (Å²) in [5.74, 6) is 0.264. The Balaban J connectivity index is 1.73. The van der Waals surface area contributed by atoms with Crippen LogP contribution < -0.4 is 5.73 Å². The van der Waals surface area contributed by atoms with Crippen LogP contribution in [0.15, 0.2) is 46.9 Å². The van der Waals surface area contributed by atoms with Gasteiger partial charge >= 0.3 is 0 Å². The van der Waals surface area contributed by atoms with Gasteiger partial charge in [0.15, 0.2) is 0 Å². The lowest BCUT2D eigenvalue weighted by molar-refractivity contribution is 0.496. The summed E-state index contributed by atoms with van der Waals surface area (Å²) in [6.07, 6.45) is 1.96. The van der Waals surface area contributed by atoms with Gasteiger partial charge in [-0.25, -0.2) is 4.39 Å². The summed E-state index contributed by atoms with van der Waals surface area (Å²) < 4.78 is 14.0. The first-order valence-electron chi connectivity index (χ1n) is 6.43. The molecule has 98 valence electrons. The molecule has 0 bridgehead atoms. The predicted octanol–water partition coefficient (Wildman–Crippen LogP) is 4.32. The summed E-state index contributed by atoms with van der Waals surface area (Å²) in [7, 11) is 0. The molecule has 2 unspecified atom stereocenters. The van der Waals surface area contributed by atoms with Crippen molar-refractivity contribution in [3.63, 3.8) is 0 Å². The van der Waals surface area contributed by atoms with E-state index in [0.717, 1.165) is 18.4 Å². The van der Waals surface area contributed by atoms with E-state index < -0.39 is 0 Å². The zero-order valence-electron chi connectivity index (χ0n) is 10.4. The van der Waals surface area contributed by atoms with Crippen LogP contribution >= 0.6 is 15.9 Å². The zero-order valence-corrected chi connectivity index (χ0v) is 12.0. The molecule has 2 N–H and O–H groups in total. The monoisotopic (exact) mass is 319 g/mol. The Labute approximate surface area is 120 Å². The predicted molar refractivity (Wildman–Crippen MR) is 78.5 cm³/mol. The summed E-state index contributed by atoms with van der Waals surface area (Å²) >= 11 is 3.16. The van der Waals surface area contributed by atoms with Crippen LogP contribution in [0.3, 0.4) is 0 Å². The van der Waals surface area contributed by atoms with E-state index in [4.69, 9.17) is 5.73 Å². The normalized spacial score (nSPS) is 18.6. The Morgan fingerprint density at radius 3 is 2.79 bits per heavy atom. The minimum absolute atomic E-state index is 0.110. The van der Waals surface area contributed by atoms with Gasteiger partial charge in [0.05, 0.1) is 4.47 Å². The van der Waals surface area contributed by atoms with Crippen molar-refractivity contribution in [3.05, 3.63) is 69.4 Å². The van der Waals surface area contributed by atoms with E-state index in [0.29, 0.717) is 10.4 Å². The van der Waals surface area contributed by atoms with Crippen LogP contribution in [0.1, 0.15) is 35.1 Å². The fourth-order valence-electron chi connectivity index (χ4n) is 2.76. The second-order valence-corrected chi connectivity index (χ2v) is 5.97. The first kappa shape index (κ1) is 12.8. The highest BCUT2D eigenvalue weighted by Gasteiger charge is 2.27. The molecule has 0 saturated heterocycles. The number of rotatable bonds is 3. The third-order valence-electron chi connectivity index (χ3n) is 3.87. The molecule has 1 aliphatic rings. The quantitative estimate of drug-likeness (QED) is 0.895. The lowest BCUT2D eigenvalue weighted by Gasteiger charge is -2.32. The van der Waals surface area contributed by atoms with Crippen LogP contribution in [0.25, 0.3) is 0 Å². The highest BCUT2D eigenvalue weighted by Crippen LogP contribution is 2.40. The minimum atomic E-state index is -0.248. The molecule has 0 fully saturated rings. The minimum Gasteiger partial charge on any atom is -0.324 e. The van der Waals surface area contributed by atoms with Crippen LogP contribution in [0, 0.1) is 5.82 Å². The molecular weight excluding hydrogens is 305 g/mol. The van der Waals surface area contributed by atoms with E-state index in [9.17, 15) is 4.39 Å². The van der Waals surface area contributed by atoms with Crippen molar-refractivity contribution in [1.82, 2.24) is 0 Å². The molecule has 19 heavy (non-hydrogen) atoms. The summed E-state index contributed by atoms with van der Waals surface area (Å²) in [4.78, 5) is 0. The fraction of sp³-hybridized carbons (Fsp3) is 0.250. The molecule has 3 rings (SSSR count). The molecule has 1 aliphatic carbocycles. The van der Waals surface area contributed by atoms with Gasteiger partial charge in [0.25, 0.3) is 0 Å². The van der Waals surface area contributed by atoms with Gasteiger partial charge in [-0.2, -0.15) is 0 Å². The van der Waals surface area contributed by atoms with Gasteiger partial charge < -0.3 is 5.73 Å². The number of hydrogen-bond acceptors (Lipinski definition) is 1. The number of fused-ring (bicyclic) bond motifs is 1. The maximum absolute atomic E-state index is 13.5. The average Bonchev–Trinajstić information content (AvgIpc) is 2.39. The average molecular weight is 320 g/mol. The van der Waals surface area contributed by atoms with Crippen molar-refractivity contribution in [2.75, 3.05) is 0 Å². The van der Waals surface area contributed by atoms with Gasteiger partial charge in [-0.1, -0.05) is 30.3 Å². The molecule has 0 saturated carbocycles. The van der Waals surface area contributed by atoms with Crippen molar-refractivity contribution in [2.45, 2.75) is 24.8 Å². The Bertz CT molecular complexity index is 611. The van der Waals surface area contributed by atoms with E-state index in [1.807, 2.05) is 6.07 Å². The van der Waals surface area contributed by atoms with E-state index in [1.54, 1.807) is 6.07 Å². The Morgan fingerprint density at radius 1 is 1.26 bits per heavy atom. The first-order chi connectivity index (χ1) is 9.15. The van der Waals surface area contributed by atoms with Crippen LogP contribution in [0.2, 0.25) is 0 Å². The third-order valence-corrected chi connectivity index (χ3v) is 4.51. The van der Waals surface area contributed by atoms with Crippen LogP contribution in [-0.4, -0.2) is 0 Å². The Kier molecular flexibility index (Phi) is 3.42. The molecule has 0 aromatic heterocycles. The van der Waals surface area contributed by atoms with Crippen molar-refractivity contribution in [3.8, 4) is 0 Å². The van der Waals surface area contributed by atoms with Gasteiger partial charge in [0.2, 0.25) is 0 Å². The highest BCUT2D eigenvalue weighted by molar-refractivity contribution is 9.10. The van der Waals surface area contributed by atoms with Crippen molar-refractivity contribution in [1.29, 1.82) is 0 Å². The molecule has 0 radical (unpaired) electrons. The van der Waals surface area contributed by atoms with Crippen molar-refractivity contribution >= 4 is 15.9 Å². The smallest absolute Gasteiger partial charge is 0.137 e. The van der Waals surface area contributed by atoms with Crippen molar-refractivity contribution in [2.24, 2.45) is 5.73 Å². The maximum Gasteiger partial charge on any atom is 0.137 e. The van der Waals surface area contributed by atoms with Crippen LogP contribution in [0.5, 0.6) is 0 Å². The summed E-state index contributed by atoms with van der Waals surface area (Å²) in [6, 6.07) is 13.5. The molecule has 3 heteroatoms. The van der Waals surface area contributed by atoms with Crippen molar-refractivity contribution < 1.29 is 4.39 Å². The maximum atomic E-state index is 13.5. The number of halogens is 2. The van der Waals surface area contributed by atoms with E-state index in [2.05, 4.69) is 40.2 Å². The standard InChI is InChI=1S/C16H15BrFN/c17-14-6-5-11(8-15(14)18)16(19)9-12-7-10-3-1-2-4-13(10)12/h1-6,8,12,16H,7,9,19H2. The Morgan fingerprint density at radius 2 is 2.05 bits per heavy atom. The number of benzene rings is 2. The Hall–Kier alpha value is -1.19. The third kappa shape index (κ3) is 2.45. The molecule has 1 nitrogen and oxygen atoms in total. The van der Waals surface area contributed by atoms with E-state index in [-0.39, 0.29) is 11.9 Å². The molecule has 2 aromatic rings. The number of hydrogen-bond donors (Lipinski definition) is 1. The lowest BCUT2D eigenvalue weighted by atomic mass is 9.74.